The molecule has 0 saturated carbocycles. The molecule has 0 aliphatic rings. The SMILES string of the molecule is CCCC(C)C.Cl. The van der Waals surface area contributed by atoms with E-state index in [-0.39, 0.29) is 12.4 Å². The van der Waals surface area contributed by atoms with Crippen LogP contribution in [0, 0.1) is 5.92 Å². The van der Waals surface area contributed by atoms with Crippen molar-refractivity contribution in [3.05, 3.63) is 0 Å². The lowest BCUT2D eigenvalue weighted by Crippen LogP contribution is -1.81. The van der Waals surface area contributed by atoms with Gasteiger partial charge in [0.1, 0.15) is 0 Å². The molecule has 1 heteroatoms. The van der Waals surface area contributed by atoms with E-state index in [0.717, 1.165) is 5.92 Å². The molecule has 0 fully saturated rings. The summed E-state index contributed by atoms with van der Waals surface area (Å²) < 4.78 is 0. The molecule has 0 nitrogen and oxygen atoms in total. The van der Waals surface area contributed by atoms with Gasteiger partial charge in [0.25, 0.3) is 0 Å². The standard InChI is InChI=1S/C6H14.ClH/c1-4-5-6(2)3;/h6H,4-5H2,1-3H3;1H. The fourth-order valence-electron chi connectivity index (χ4n) is 0.577. The van der Waals surface area contributed by atoms with E-state index < -0.39 is 0 Å². The van der Waals surface area contributed by atoms with Crippen LogP contribution in [0.4, 0.5) is 0 Å². The van der Waals surface area contributed by atoms with E-state index in [2.05, 4.69) is 20.8 Å². The lowest BCUT2D eigenvalue weighted by Gasteiger charge is -1.95. The summed E-state index contributed by atoms with van der Waals surface area (Å²) in [7, 11) is 0. The number of hydrogen-bond acceptors (Lipinski definition) is 0. The van der Waals surface area contributed by atoms with E-state index in [1.807, 2.05) is 0 Å². The van der Waals surface area contributed by atoms with Crippen molar-refractivity contribution in [2.45, 2.75) is 33.6 Å². The zero-order valence-electron chi connectivity index (χ0n) is 5.40. The van der Waals surface area contributed by atoms with Gasteiger partial charge in [-0.25, -0.2) is 0 Å². The van der Waals surface area contributed by atoms with E-state index in [0.29, 0.717) is 0 Å². The van der Waals surface area contributed by atoms with Crippen LogP contribution in [0.25, 0.3) is 0 Å². The zero-order valence-corrected chi connectivity index (χ0v) is 6.22. The van der Waals surface area contributed by atoms with E-state index in [9.17, 15) is 0 Å². The van der Waals surface area contributed by atoms with Crippen LogP contribution in [0.1, 0.15) is 33.6 Å². The first-order valence-corrected chi connectivity index (χ1v) is 2.77. The van der Waals surface area contributed by atoms with Gasteiger partial charge in [-0.1, -0.05) is 33.6 Å². The Bertz CT molecular complexity index is 25.4. The summed E-state index contributed by atoms with van der Waals surface area (Å²) in [6.45, 7) is 6.73. The molecule has 0 bridgehead atoms. The minimum absolute atomic E-state index is 0. The van der Waals surface area contributed by atoms with Gasteiger partial charge >= 0.3 is 0 Å². The second-order valence-corrected chi connectivity index (χ2v) is 2.18. The first kappa shape index (κ1) is 10.3. The van der Waals surface area contributed by atoms with Crippen LogP contribution in [0.15, 0.2) is 0 Å². The Morgan fingerprint density at radius 1 is 1.29 bits per heavy atom. The van der Waals surface area contributed by atoms with Crippen molar-refractivity contribution in [1.29, 1.82) is 0 Å². The maximum atomic E-state index is 2.25. The molecule has 0 heterocycles. The Kier molecular flexibility index (Phi) is 9.26. The van der Waals surface area contributed by atoms with Crippen molar-refractivity contribution < 1.29 is 0 Å². The summed E-state index contributed by atoms with van der Waals surface area (Å²) in [5.74, 6) is 0.898. The minimum atomic E-state index is 0. The Balaban J connectivity index is 0. The maximum absolute atomic E-state index is 2.25. The van der Waals surface area contributed by atoms with E-state index >= 15 is 0 Å². The second kappa shape index (κ2) is 6.29. The molecule has 0 unspecified atom stereocenters. The lowest BCUT2D eigenvalue weighted by molar-refractivity contribution is 0.576. The quantitative estimate of drug-likeness (QED) is 0.529. The molecule has 0 aliphatic carbocycles. The molecule has 0 rings (SSSR count). The molecule has 0 atom stereocenters. The molecular formula is C6H15Cl. The van der Waals surface area contributed by atoms with Gasteiger partial charge in [-0.05, 0) is 5.92 Å². The molecule has 0 aromatic rings. The molecular weight excluding hydrogens is 108 g/mol. The van der Waals surface area contributed by atoms with E-state index in [1.165, 1.54) is 12.8 Å². The third-order valence-corrected chi connectivity index (χ3v) is 0.866. The van der Waals surface area contributed by atoms with Crippen LogP contribution < -0.4 is 0 Å². The zero-order chi connectivity index (χ0) is 4.99. The van der Waals surface area contributed by atoms with Crippen LogP contribution in [-0.2, 0) is 0 Å². The van der Waals surface area contributed by atoms with Gasteiger partial charge < -0.3 is 0 Å². The van der Waals surface area contributed by atoms with Crippen molar-refractivity contribution in [3.63, 3.8) is 0 Å². The summed E-state index contributed by atoms with van der Waals surface area (Å²) in [5.41, 5.74) is 0. The molecule has 0 saturated heterocycles. The molecule has 0 aliphatic heterocycles. The average molecular weight is 123 g/mol. The largest absolute Gasteiger partial charge is 0.147 e. The Hall–Kier alpha value is 0.290. The van der Waals surface area contributed by atoms with Gasteiger partial charge in [0.15, 0.2) is 0 Å². The van der Waals surface area contributed by atoms with E-state index in [4.69, 9.17) is 0 Å². The number of hydrogen-bond donors (Lipinski definition) is 0. The molecule has 0 amide bonds. The Labute approximate surface area is 52.7 Å². The highest BCUT2D eigenvalue weighted by Gasteiger charge is 1.85. The molecule has 0 radical (unpaired) electrons. The summed E-state index contributed by atoms with van der Waals surface area (Å²) >= 11 is 0. The number of rotatable bonds is 2. The summed E-state index contributed by atoms with van der Waals surface area (Å²) in [5, 5.41) is 0. The molecule has 0 aromatic heterocycles. The van der Waals surface area contributed by atoms with Gasteiger partial charge in [0, 0.05) is 0 Å². The molecule has 0 spiro atoms. The van der Waals surface area contributed by atoms with Gasteiger partial charge in [0.05, 0.1) is 0 Å². The maximum Gasteiger partial charge on any atom is -0.0471 e. The summed E-state index contributed by atoms with van der Waals surface area (Å²) in [4.78, 5) is 0. The van der Waals surface area contributed by atoms with Gasteiger partial charge in [-0.2, -0.15) is 0 Å². The number of halogens is 1. The summed E-state index contributed by atoms with van der Waals surface area (Å²) in [6, 6.07) is 0. The highest BCUT2D eigenvalue weighted by molar-refractivity contribution is 5.85. The highest BCUT2D eigenvalue weighted by atomic mass is 35.5. The van der Waals surface area contributed by atoms with Crippen LogP contribution >= 0.6 is 12.4 Å². The smallest absolute Gasteiger partial charge is 0.0471 e. The van der Waals surface area contributed by atoms with Gasteiger partial charge in [-0.15, -0.1) is 12.4 Å². The fourth-order valence-corrected chi connectivity index (χ4v) is 0.577. The fraction of sp³-hybridized carbons (Fsp3) is 1.00. The lowest BCUT2D eigenvalue weighted by atomic mass is 10.1. The molecule has 46 valence electrons. The van der Waals surface area contributed by atoms with Crippen molar-refractivity contribution >= 4 is 12.4 Å². The van der Waals surface area contributed by atoms with Crippen LogP contribution in [0.3, 0.4) is 0 Å². The second-order valence-electron chi connectivity index (χ2n) is 2.18. The first-order chi connectivity index (χ1) is 2.77. The van der Waals surface area contributed by atoms with Crippen molar-refractivity contribution in [2.24, 2.45) is 5.92 Å². The monoisotopic (exact) mass is 122 g/mol. The molecule has 0 N–H and O–H groups in total. The Morgan fingerprint density at radius 3 is 1.71 bits per heavy atom. The predicted octanol–water partition coefficient (Wildman–Crippen LogP) is 2.86. The molecule has 0 aromatic carbocycles. The van der Waals surface area contributed by atoms with Gasteiger partial charge in [-0.3, -0.25) is 0 Å². The van der Waals surface area contributed by atoms with Crippen LogP contribution in [0.2, 0.25) is 0 Å². The Morgan fingerprint density at radius 2 is 1.71 bits per heavy atom. The van der Waals surface area contributed by atoms with Crippen molar-refractivity contribution in [2.75, 3.05) is 0 Å². The highest BCUT2D eigenvalue weighted by Crippen LogP contribution is 2.00. The minimum Gasteiger partial charge on any atom is -0.147 e. The van der Waals surface area contributed by atoms with E-state index in [1.54, 1.807) is 0 Å². The normalized spacial score (nSPS) is 8.57. The predicted molar refractivity (Wildman–Crippen MR) is 37.0 cm³/mol. The first-order valence-electron chi connectivity index (χ1n) is 2.77. The third kappa shape index (κ3) is 10.7. The van der Waals surface area contributed by atoms with Crippen molar-refractivity contribution in [3.8, 4) is 0 Å². The van der Waals surface area contributed by atoms with Gasteiger partial charge in [0.2, 0.25) is 0 Å². The van der Waals surface area contributed by atoms with Crippen LogP contribution in [-0.4, -0.2) is 0 Å². The molecule has 7 heavy (non-hydrogen) atoms. The third-order valence-electron chi connectivity index (χ3n) is 0.866. The van der Waals surface area contributed by atoms with Crippen LogP contribution in [0.5, 0.6) is 0 Å². The average Bonchev–Trinajstić information content (AvgIpc) is 1.35. The summed E-state index contributed by atoms with van der Waals surface area (Å²) in [6.07, 6.45) is 2.71. The van der Waals surface area contributed by atoms with Crippen molar-refractivity contribution in [1.82, 2.24) is 0 Å². The topological polar surface area (TPSA) is 0 Å².